The van der Waals surface area contributed by atoms with Crippen LogP contribution in [0.25, 0.3) is 0 Å². The summed E-state index contributed by atoms with van der Waals surface area (Å²) in [6.45, 7) is 2.07. The predicted molar refractivity (Wildman–Crippen MR) is 35.3 cm³/mol. The van der Waals surface area contributed by atoms with Gasteiger partial charge in [0.15, 0.2) is 0 Å². The fourth-order valence-electron chi connectivity index (χ4n) is 1.49. The zero-order valence-electron chi connectivity index (χ0n) is 5.57. The molecule has 2 nitrogen and oxygen atoms in total. The highest BCUT2D eigenvalue weighted by molar-refractivity contribution is 5.28. The molecule has 0 radical (unpaired) electrons. The quantitative estimate of drug-likeness (QED) is 0.550. The van der Waals surface area contributed by atoms with Crippen LogP contribution in [0.5, 0.6) is 0 Å². The largest absolute Gasteiger partial charge is 0.282 e. The summed E-state index contributed by atoms with van der Waals surface area (Å²) in [5.74, 6) is 0. The molecule has 0 bridgehead atoms. The first kappa shape index (κ1) is 5.03. The number of nitrogens with one attached hydrogen (secondary N) is 1. The summed E-state index contributed by atoms with van der Waals surface area (Å²) in [5, 5.41) is 7.15. The topological polar surface area (TPSA) is 28.7 Å². The number of aromatic amines is 1. The van der Waals surface area contributed by atoms with Gasteiger partial charge in [-0.25, -0.2) is 0 Å². The molecule has 1 aromatic rings. The first-order valence-corrected chi connectivity index (χ1v) is 3.40. The molecular weight excluding hydrogens is 112 g/mol. The lowest BCUT2D eigenvalue weighted by Crippen LogP contribution is -1.79. The van der Waals surface area contributed by atoms with Gasteiger partial charge in [0.05, 0.1) is 5.69 Å². The molecule has 0 atom stereocenters. The van der Waals surface area contributed by atoms with Crippen molar-refractivity contribution in [3.63, 3.8) is 0 Å². The summed E-state index contributed by atoms with van der Waals surface area (Å²) in [6, 6.07) is 0. The molecule has 1 aliphatic rings. The lowest BCUT2D eigenvalue weighted by Gasteiger charge is -1.84. The molecule has 0 unspecified atom stereocenters. The second kappa shape index (κ2) is 1.59. The molecule has 0 saturated heterocycles. The molecule has 0 saturated carbocycles. The van der Waals surface area contributed by atoms with Crippen LogP contribution in [0.2, 0.25) is 0 Å². The lowest BCUT2D eigenvalue weighted by molar-refractivity contribution is 0.854. The molecule has 0 aromatic carbocycles. The molecule has 0 spiro atoms. The fraction of sp³-hybridized carbons (Fsp3) is 0.571. The van der Waals surface area contributed by atoms with Gasteiger partial charge in [0.1, 0.15) is 0 Å². The molecule has 2 heteroatoms. The van der Waals surface area contributed by atoms with Gasteiger partial charge in [-0.3, -0.25) is 5.10 Å². The minimum Gasteiger partial charge on any atom is -0.282 e. The minimum atomic E-state index is 1.20. The smallest absolute Gasteiger partial charge is 0.0626 e. The first-order valence-electron chi connectivity index (χ1n) is 3.40. The van der Waals surface area contributed by atoms with Crippen LogP contribution in [0.3, 0.4) is 0 Å². The fourth-order valence-corrected chi connectivity index (χ4v) is 1.49. The summed E-state index contributed by atoms with van der Waals surface area (Å²) in [7, 11) is 0. The normalized spacial score (nSPS) is 16.1. The summed E-state index contributed by atoms with van der Waals surface area (Å²) in [6.07, 6.45) is 3.75. The maximum absolute atomic E-state index is 4.11. The summed E-state index contributed by atoms with van der Waals surface area (Å²) >= 11 is 0. The third-order valence-electron chi connectivity index (χ3n) is 2.01. The van der Waals surface area contributed by atoms with E-state index in [9.17, 15) is 0 Å². The number of aromatic nitrogens is 2. The number of nitrogens with zero attached hydrogens (tertiary/aromatic N) is 1. The molecule has 0 fully saturated rings. The van der Waals surface area contributed by atoms with Gasteiger partial charge in [0.25, 0.3) is 0 Å². The lowest BCUT2D eigenvalue weighted by atomic mass is 10.2. The van der Waals surface area contributed by atoms with Gasteiger partial charge in [-0.05, 0) is 31.7 Å². The third-order valence-corrected chi connectivity index (χ3v) is 2.01. The molecule has 1 aliphatic carbocycles. The molecule has 0 aliphatic heterocycles. The predicted octanol–water partition coefficient (Wildman–Crippen LogP) is 1.21. The van der Waals surface area contributed by atoms with E-state index in [1.807, 2.05) is 0 Å². The molecule has 0 amide bonds. The van der Waals surface area contributed by atoms with E-state index in [0.717, 1.165) is 0 Å². The van der Waals surface area contributed by atoms with E-state index in [1.54, 1.807) is 0 Å². The van der Waals surface area contributed by atoms with Crippen LogP contribution < -0.4 is 0 Å². The van der Waals surface area contributed by atoms with Gasteiger partial charge in [0.2, 0.25) is 0 Å². The number of hydrogen-bond acceptors (Lipinski definition) is 1. The van der Waals surface area contributed by atoms with Crippen LogP contribution in [0.1, 0.15) is 23.4 Å². The zero-order chi connectivity index (χ0) is 6.27. The first-order chi connectivity index (χ1) is 4.38. The van der Waals surface area contributed by atoms with Gasteiger partial charge in [0, 0.05) is 5.69 Å². The van der Waals surface area contributed by atoms with E-state index in [-0.39, 0.29) is 0 Å². The second-order valence-corrected chi connectivity index (χ2v) is 2.62. The van der Waals surface area contributed by atoms with Crippen molar-refractivity contribution in [1.29, 1.82) is 0 Å². The van der Waals surface area contributed by atoms with E-state index in [1.165, 1.54) is 36.2 Å². The Morgan fingerprint density at radius 1 is 1.44 bits per heavy atom. The van der Waals surface area contributed by atoms with Crippen LogP contribution in [0.15, 0.2) is 0 Å². The SMILES string of the molecule is Cc1n[nH]c2c1CCC2. The highest BCUT2D eigenvalue weighted by Gasteiger charge is 2.14. The standard InChI is InChI=1S/C7H10N2/c1-5-6-3-2-4-7(6)9-8-5/h2-4H2,1H3,(H,8,9). The summed E-state index contributed by atoms with van der Waals surface area (Å²) in [5.41, 5.74) is 4.03. The van der Waals surface area contributed by atoms with Gasteiger partial charge in [-0.15, -0.1) is 0 Å². The van der Waals surface area contributed by atoms with Crippen LogP contribution in [0.4, 0.5) is 0 Å². The average molecular weight is 122 g/mol. The highest BCUT2D eigenvalue weighted by Crippen LogP contribution is 2.21. The number of rotatable bonds is 0. The van der Waals surface area contributed by atoms with Crippen molar-refractivity contribution in [1.82, 2.24) is 10.2 Å². The van der Waals surface area contributed by atoms with E-state index < -0.39 is 0 Å². The Bertz CT molecular complexity index is 225. The Hall–Kier alpha value is -0.790. The van der Waals surface area contributed by atoms with Gasteiger partial charge in [-0.1, -0.05) is 0 Å². The molecule has 1 N–H and O–H groups in total. The van der Waals surface area contributed by atoms with E-state index in [4.69, 9.17) is 0 Å². The summed E-state index contributed by atoms with van der Waals surface area (Å²) < 4.78 is 0. The van der Waals surface area contributed by atoms with Crippen molar-refractivity contribution in [2.75, 3.05) is 0 Å². The number of hydrogen-bond donors (Lipinski definition) is 1. The van der Waals surface area contributed by atoms with Crippen molar-refractivity contribution in [3.8, 4) is 0 Å². The van der Waals surface area contributed by atoms with Gasteiger partial charge in [-0.2, -0.15) is 5.10 Å². The van der Waals surface area contributed by atoms with E-state index in [2.05, 4.69) is 17.1 Å². The molecular formula is C7H10N2. The maximum Gasteiger partial charge on any atom is 0.0626 e. The highest BCUT2D eigenvalue weighted by atomic mass is 15.1. The molecule has 1 aromatic heterocycles. The van der Waals surface area contributed by atoms with Crippen molar-refractivity contribution < 1.29 is 0 Å². The molecule has 1 heterocycles. The van der Waals surface area contributed by atoms with Crippen LogP contribution in [0, 0.1) is 6.92 Å². The number of aryl methyl sites for hydroxylation is 2. The Balaban J connectivity index is 2.56. The third kappa shape index (κ3) is 0.590. The molecule has 48 valence electrons. The van der Waals surface area contributed by atoms with Crippen molar-refractivity contribution in [2.24, 2.45) is 0 Å². The van der Waals surface area contributed by atoms with Gasteiger partial charge >= 0.3 is 0 Å². The summed E-state index contributed by atoms with van der Waals surface area (Å²) in [4.78, 5) is 0. The number of H-pyrrole nitrogens is 1. The van der Waals surface area contributed by atoms with Crippen molar-refractivity contribution in [2.45, 2.75) is 26.2 Å². The minimum absolute atomic E-state index is 1.20. The Morgan fingerprint density at radius 2 is 2.33 bits per heavy atom. The van der Waals surface area contributed by atoms with Gasteiger partial charge < -0.3 is 0 Å². The average Bonchev–Trinajstić information content (AvgIpc) is 2.35. The second-order valence-electron chi connectivity index (χ2n) is 2.62. The van der Waals surface area contributed by atoms with Crippen LogP contribution in [-0.2, 0) is 12.8 Å². The number of fused-ring (bicyclic) bond motifs is 1. The van der Waals surface area contributed by atoms with Crippen LogP contribution in [-0.4, -0.2) is 10.2 Å². The maximum atomic E-state index is 4.11. The Morgan fingerprint density at radius 3 is 3.11 bits per heavy atom. The van der Waals surface area contributed by atoms with E-state index >= 15 is 0 Å². The Kier molecular flexibility index (Phi) is 0.891. The van der Waals surface area contributed by atoms with Crippen molar-refractivity contribution >= 4 is 0 Å². The van der Waals surface area contributed by atoms with E-state index in [0.29, 0.717) is 0 Å². The van der Waals surface area contributed by atoms with Crippen LogP contribution >= 0.6 is 0 Å². The molecule has 2 rings (SSSR count). The molecule has 9 heavy (non-hydrogen) atoms. The zero-order valence-corrected chi connectivity index (χ0v) is 5.57. The van der Waals surface area contributed by atoms with Crippen molar-refractivity contribution in [3.05, 3.63) is 17.0 Å². The monoisotopic (exact) mass is 122 g/mol. The Labute approximate surface area is 54.3 Å².